The number of aryl methyl sites for hydroxylation is 1. The third kappa shape index (κ3) is 29.1. The Kier molecular flexibility index (Phi) is 40.7. The van der Waals surface area contributed by atoms with Crippen LogP contribution in [-0.4, -0.2) is 32.7 Å². The Morgan fingerprint density at radius 2 is 0.859 bits per heavy atom. The molecule has 3 unspecified atom stereocenters. The van der Waals surface area contributed by atoms with Gasteiger partial charge in [-0.2, -0.15) is 0 Å². The first-order chi connectivity index (χ1) is 45.3. The van der Waals surface area contributed by atoms with Crippen molar-refractivity contribution in [3.63, 3.8) is 0 Å². The molecule has 3 aliphatic rings. The van der Waals surface area contributed by atoms with Crippen molar-refractivity contribution < 1.29 is 9.59 Å². The average molecular weight is 1320 g/mol. The maximum atomic E-state index is 15.5. The fourth-order valence-corrected chi connectivity index (χ4v) is 17.6. The summed E-state index contributed by atoms with van der Waals surface area (Å²) in [7, 11) is 0. The fourth-order valence-electron chi connectivity index (χ4n) is 15.7. The standard InChI is InChI=1S/C88H139NO2Se/c1-7-11-15-19-23-27-29-33-37-45-52-74(51-43-35-31-25-21-17-13-9-3)55-47-39-40-49-57-80-82-71-77(84-67-64-78(92-84)63-61-76-60-58-72(5)69-76)62-66-79(82)85(87(80)90)86-81-65-59-73(6)70-83(81)89(88(86)91)68-50-42-41-48-56-75(53-44-36-32-26-22-18-14-10-4)54-46-38-34-30-28-24-20-16-12-8-2/h58-67,70-71,74-75,80H,7-57,68-69H2,1-6H3/b63-61+,86-85+. The van der Waals surface area contributed by atoms with Gasteiger partial charge < -0.3 is 0 Å². The molecule has 92 heavy (non-hydrogen) atoms. The Labute approximate surface area is 574 Å². The molecular formula is C88H139NO2Se. The second kappa shape index (κ2) is 48.3. The van der Waals surface area contributed by atoms with Crippen LogP contribution in [0.2, 0.25) is 0 Å². The predicted octanol–water partition coefficient (Wildman–Crippen LogP) is 28.1. The molecule has 0 saturated heterocycles. The third-order valence-corrected chi connectivity index (χ3v) is 23.9. The number of nitrogens with zero attached hydrogens (tertiary/aromatic N) is 1. The number of fused-ring (bicyclic) bond motifs is 2. The van der Waals surface area contributed by atoms with Crippen molar-refractivity contribution in [1.82, 2.24) is 0 Å². The van der Waals surface area contributed by atoms with E-state index in [0.717, 1.165) is 71.9 Å². The van der Waals surface area contributed by atoms with Crippen LogP contribution < -0.4 is 4.90 Å². The fraction of sp³-hybridized carbons (Fsp3) is 0.705. The first kappa shape index (κ1) is 77.5. The van der Waals surface area contributed by atoms with Gasteiger partial charge in [-0.3, -0.25) is 0 Å². The van der Waals surface area contributed by atoms with Gasteiger partial charge in [-0.25, -0.2) is 0 Å². The summed E-state index contributed by atoms with van der Waals surface area (Å²) in [6.45, 7) is 14.3. The Hall–Kier alpha value is -3.46. The molecule has 2 aliphatic carbocycles. The summed E-state index contributed by atoms with van der Waals surface area (Å²) in [6.07, 6.45) is 79.5. The van der Waals surface area contributed by atoms with Crippen LogP contribution in [0.4, 0.5) is 5.69 Å². The van der Waals surface area contributed by atoms with Crippen LogP contribution in [0.5, 0.6) is 0 Å². The summed E-state index contributed by atoms with van der Waals surface area (Å²) >= 11 is 0.186. The van der Waals surface area contributed by atoms with Gasteiger partial charge in [-0.1, -0.05) is 304 Å². The molecule has 1 aliphatic heterocycles. The summed E-state index contributed by atoms with van der Waals surface area (Å²) in [5.41, 5.74) is 10.7. The molecule has 2 aromatic carbocycles. The Morgan fingerprint density at radius 3 is 1.30 bits per heavy atom. The van der Waals surface area contributed by atoms with Crippen LogP contribution in [0.1, 0.15) is 401 Å². The van der Waals surface area contributed by atoms with Crippen LogP contribution in [0.15, 0.2) is 77.9 Å². The minimum absolute atomic E-state index is 0.0381. The topological polar surface area (TPSA) is 37.4 Å². The zero-order chi connectivity index (χ0) is 65.1. The van der Waals surface area contributed by atoms with Crippen LogP contribution in [0.25, 0.3) is 27.2 Å². The zero-order valence-corrected chi connectivity index (χ0v) is 62.5. The van der Waals surface area contributed by atoms with Gasteiger partial charge in [-0.05, 0) is 5.92 Å². The first-order valence-electron chi connectivity index (χ1n) is 40.3. The van der Waals surface area contributed by atoms with E-state index in [9.17, 15) is 0 Å². The molecule has 1 amide bonds. The number of carbonyl (C=O) groups is 2. The second-order valence-electron chi connectivity index (χ2n) is 29.8. The van der Waals surface area contributed by atoms with E-state index in [0.29, 0.717) is 17.7 Å². The molecule has 6 rings (SSSR count). The molecule has 0 spiro atoms. The summed E-state index contributed by atoms with van der Waals surface area (Å²) in [6, 6.07) is 18.0. The number of unbranched alkanes of at least 4 members (excludes halogenated alkanes) is 38. The molecule has 0 radical (unpaired) electrons. The van der Waals surface area contributed by atoms with E-state index in [4.69, 9.17) is 0 Å². The molecule has 3 nitrogen and oxygen atoms in total. The van der Waals surface area contributed by atoms with Gasteiger partial charge in [0, 0.05) is 0 Å². The Balaban J connectivity index is 1.08. The van der Waals surface area contributed by atoms with Crippen molar-refractivity contribution in [3.8, 4) is 10.0 Å². The SMILES string of the molecule is CCCCCCCCCCCCC(CCCCCCCCCC)CCCCCCC1C(=O)/C(=C2/C(=O)N(CCCCCCC(CCCCCCCCCC)CCCCCCCCCCCC)c3cc(C)ccc32)c2ccc(-c3ccc(/C=C/C4=CC=C(C)C4)[se]3)cc21. The Morgan fingerprint density at radius 1 is 0.435 bits per heavy atom. The number of amides is 1. The number of allylic oxidation sites excluding steroid dienone is 6. The molecule has 2 heterocycles. The molecular weight excluding hydrogens is 1180 g/mol. The summed E-state index contributed by atoms with van der Waals surface area (Å²) < 4.78 is 2.76. The molecule has 0 fully saturated rings. The molecule has 0 saturated carbocycles. The van der Waals surface area contributed by atoms with E-state index in [2.05, 4.69) is 119 Å². The number of benzene rings is 2. The van der Waals surface area contributed by atoms with Crippen molar-refractivity contribution >= 4 is 49.1 Å². The molecule has 0 bridgehead atoms. The number of Topliss-reactive ketones (excluding diaryl/α,β-unsaturated/α-hetero) is 1. The quantitative estimate of drug-likeness (QED) is 0.0321. The third-order valence-electron chi connectivity index (χ3n) is 21.6. The summed E-state index contributed by atoms with van der Waals surface area (Å²) in [4.78, 5) is 32.8. The second-order valence-corrected chi connectivity index (χ2v) is 32.1. The molecule has 0 N–H and O–H groups in total. The predicted molar refractivity (Wildman–Crippen MR) is 408 cm³/mol. The number of hydrogen-bond donors (Lipinski definition) is 0. The van der Waals surface area contributed by atoms with Gasteiger partial charge in [0.2, 0.25) is 0 Å². The monoisotopic (exact) mass is 1320 g/mol. The van der Waals surface area contributed by atoms with Crippen molar-refractivity contribution in [2.45, 2.75) is 381 Å². The number of carbonyl (C=O) groups excluding carboxylic acids is 2. The average Bonchev–Trinajstić information content (AvgIpc) is 1.58. The number of hydrogen-bond acceptors (Lipinski definition) is 2. The Bertz CT molecular complexity index is 2600. The van der Waals surface area contributed by atoms with Gasteiger partial charge in [-0.15, -0.1) is 0 Å². The molecule has 4 heteroatoms. The van der Waals surface area contributed by atoms with Crippen LogP contribution >= 0.6 is 0 Å². The summed E-state index contributed by atoms with van der Waals surface area (Å²) in [5, 5.41) is 0. The van der Waals surface area contributed by atoms with Crippen molar-refractivity contribution in [2.75, 3.05) is 11.4 Å². The van der Waals surface area contributed by atoms with Crippen LogP contribution in [0.3, 0.4) is 0 Å². The molecule has 514 valence electrons. The van der Waals surface area contributed by atoms with Crippen molar-refractivity contribution in [2.24, 2.45) is 11.8 Å². The van der Waals surface area contributed by atoms with E-state index in [1.54, 1.807) is 0 Å². The zero-order valence-electron chi connectivity index (χ0n) is 60.8. The summed E-state index contributed by atoms with van der Waals surface area (Å²) in [5.74, 6) is 1.73. The van der Waals surface area contributed by atoms with Gasteiger partial charge >= 0.3 is 268 Å². The van der Waals surface area contributed by atoms with E-state index in [1.807, 2.05) is 0 Å². The molecule has 3 atom stereocenters. The van der Waals surface area contributed by atoms with E-state index in [1.165, 1.54) is 327 Å². The maximum absolute atomic E-state index is 15.5. The normalized spacial score (nSPS) is 16.2. The first-order valence-corrected chi connectivity index (χ1v) is 42.0. The van der Waals surface area contributed by atoms with E-state index < -0.39 is 0 Å². The van der Waals surface area contributed by atoms with Gasteiger partial charge in [0.25, 0.3) is 0 Å². The van der Waals surface area contributed by atoms with Crippen molar-refractivity contribution in [1.29, 1.82) is 0 Å². The van der Waals surface area contributed by atoms with E-state index >= 15 is 9.59 Å². The minimum atomic E-state index is -0.217. The molecule has 1 aromatic heterocycles. The molecule has 3 aromatic rings. The van der Waals surface area contributed by atoms with Gasteiger partial charge in [0.1, 0.15) is 0 Å². The van der Waals surface area contributed by atoms with Crippen LogP contribution in [-0.2, 0) is 9.59 Å². The number of rotatable bonds is 57. The van der Waals surface area contributed by atoms with Crippen molar-refractivity contribution in [3.05, 3.63) is 105 Å². The number of ketones is 1. The van der Waals surface area contributed by atoms with Crippen LogP contribution in [0, 0.1) is 18.8 Å². The number of anilines is 1. The van der Waals surface area contributed by atoms with Gasteiger partial charge in [0.05, 0.1) is 0 Å². The van der Waals surface area contributed by atoms with Gasteiger partial charge in [0.15, 0.2) is 0 Å². The van der Waals surface area contributed by atoms with E-state index in [-0.39, 0.29) is 32.1 Å².